The predicted octanol–water partition coefficient (Wildman–Crippen LogP) is 2.04. The lowest BCUT2D eigenvalue weighted by atomic mass is 9.99. The van der Waals surface area contributed by atoms with Gasteiger partial charge in [-0.15, -0.1) is 0 Å². The smallest absolute Gasteiger partial charge is 0.1000 e. The highest BCUT2D eigenvalue weighted by Crippen LogP contribution is 2.22. The van der Waals surface area contributed by atoms with Crippen molar-refractivity contribution in [1.82, 2.24) is 15.1 Å². The third-order valence-corrected chi connectivity index (χ3v) is 3.94. The lowest BCUT2D eigenvalue weighted by molar-refractivity contribution is 0.0571. The summed E-state index contributed by atoms with van der Waals surface area (Å²) in [5.74, 6) is 0. The van der Waals surface area contributed by atoms with E-state index in [1.165, 1.54) is 5.56 Å². The van der Waals surface area contributed by atoms with E-state index in [-0.39, 0.29) is 0 Å². The summed E-state index contributed by atoms with van der Waals surface area (Å²) >= 11 is 1.60. The van der Waals surface area contributed by atoms with Gasteiger partial charge < -0.3 is 10.4 Å². The number of nitrogens with zero attached hydrogens (tertiary/aromatic N) is 2. The molecule has 0 aromatic carbocycles. The molecule has 0 spiro atoms. The third kappa shape index (κ3) is 3.43. The number of thiophene rings is 1. The van der Waals surface area contributed by atoms with Gasteiger partial charge >= 0.3 is 0 Å². The van der Waals surface area contributed by atoms with Gasteiger partial charge in [0, 0.05) is 31.9 Å². The minimum Gasteiger partial charge on any atom is -0.384 e. The average molecular weight is 279 g/mol. The molecule has 4 nitrogen and oxygen atoms in total. The van der Waals surface area contributed by atoms with Crippen molar-refractivity contribution in [2.45, 2.75) is 32.4 Å². The Kier molecular flexibility index (Phi) is 4.39. The Hall–Kier alpha value is -1.17. The van der Waals surface area contributed by atoms with E-state index in [1.807, 2.05) is 41.7 Å². The second-order valence-corrected chi connectivity index (χ2v) is 5.80. The van der Waals surface area contributed by atoms with Crippen LogP contribution in [0, 0.1) is 0 Å². The van der Waals surface area contributed by atoms with Gasteiger partial charge in [-0.2, -0.15) is 16.4 Å². The summed E-state index contributed by atoms with van der Waals surface area (Å²) in [5.41, 5.74) is 2.46. The van der Waals surface area contributed by atoms with Crippen LogP contribution in [0.25, 0.3) is 0 Å². The van der Waals surface area contributed by atoms with E-state index in [9.17, 15) is 5.11 Å². The maximum Gasteiger partial charge on any atom is 0.1000 e. The molecule has 0 bridgehead atoms. The highest BCUT2D eigenvalue weighted by Gasteiger charge is 2.23. The van der Waals surface area contributed by atoms with Crippen LogP contribution in [0.3, 0.4) is 0 Å². The maximum absolute atomic E-state index is 10.4. The van der Waals surface area contributed by atoms with Crippen LogP contribution in [-0.4, -0.2) is 21.4 Å². The zero-order valence-corrected chi connectivity index (χ0v) is 12.5. The van der Waals surface area contributed by atoms with Crippen molar-refractivity contribution in [1.29, 1.82) is 0 Å². The van der Waals surface area contributed by atoms with Crippen LogP contribution in [0.5, 0.6) is 0 Å². The van der Waals surface area contributed by atoms with Gasteiger partial charge in [-0.05, 0) is 35.7 Å². The van der Waals surface area contributed by atoms with Crippen molar-refractivity contribution in [3.8, 4) is 0 Å². The minimum absolute atomic E-state index is 0.530. The number of hydrogen-bond donors (Lipinski definition) is 2. The molecular weight excluding hydrogens is 258 g/mol. The fraction of sp³-hybridized carbons (Fsp3) is 0.500. The standard InChI is InChI=1S/C14H21N3OS/c1-4-13-11(8-17(3)16-13)7-15-10-14(2,18)12-5-6-19-9-12/h5-6,8-9,15,18H,4,7,10H2,1-3H3. The molecule has 0 aliphatic rings. The average Bonchev–Trinajstić information content (AvgIpc) is 2.98. The Morgan fingerprint density at radius 2 is 2.32 bits per heavy atom. The molecular formula is C14H21N3OS. The van der Waals surface area contributed by atoms with Gasteiger partial charge in [0.2, 0.25) is 0 Å². The number of aliphatic hydroxyl groups is 1. The van der Waals surface area contributed by atoms with Crippen LogP contribution in [0.1, 0.15) is 30.7 Å². The van der Waals surface area contributed by atoms with E-state index in [0.717, 1.165) is 24.2 Å². The molecule has 2 heterocycles. The quantitative estimate of drug-likeness (QED) is 0.851. The molecule has 19 heavy (non-hydrogen) atoms. The largest absolute Gasteiger partial charge is 0.384 e. The Balaban J connectivity index is 1.93. The highest BCUT2D eigenvalue weighted by molar-refractivity contribution is 7.08. The van der Waals surface area contributed by atoms with Crippen molar-refractivity contribution in [2.75, 3.05) is 6.54 Å². The van der Waals surface area contributed by atoms with Gasteiger partial charge in [-0.1, -0.05) is 6.92 Å². The van der Waals surface area contributed by atoms with Crippen LogP contribution in [0.15, 0.2) is 23.0 Å². The van der Waals surface area contributed by atoms with Crippen LogP contribution < -0.4 is 5.32 Å². The van der Waals surface area contributed by atoms with Crippen molar-refractivity contribution >= 4 is 11.3 Å². The second-order valence-electron chi connectivity index (χ2n) is 5.02. The first-order valence-corrected chi connectivity index (χ1v) is 7.44. The van der Waals surface area contributed by atoms with Crippen LogP contribution >= 0.6 is 11.3 Å². The first-order valence-electron chi connectivity index (χ1n) is 6.50. The van der Waals surface area contributed by atoms with Gasteiger partial charge in [0.05, 0.1) is 11.3 Å². The molecule has 0 aliphatic heterocycles. The molecule has 0 saturated heterocycles. The van der Waals surface area contributed by atoms with E-state index in [2.05, 4.69) is 17.3 Å². The monoisotopic (exact) mass is 279 g/mol. The minimum atomic E-state index is -0.825. The summed E-state index contributed by atoms with van der Waals surface area (Å²) in [5, 5.41) is 22.1. The van der Waals surface area contributed by atoms with Gasteiger partial charge in [0.15, 0.2) is 0 Å². The fourth-order valence-corrected chi connectivity index (χ4v) is 2.93. The SMILES string of the molecule is CCc1nn(C)cc1CNCC(C)(O)c1ccsc1. The number of aryl methyl sites for hydroxylation is 2. The lowest BCUT2D eigenvalue weighted by Gasteiger charge is -2.22. The number of rotatable bonds is 6. The Morgan fingerprint density at radius 3 is 2.95 bits per heavy atom. The summed E-state index contributed by atoms with van der Waals surface area (Å²) in [6, 6.07) is 1.97. The van der Waals surface area contributed by atoms with Gasteiger partial charge in [0.1, 0.15) is 0 Å². The van der Waals surface area contributed by atoms with E-state index in [1.54, 1.807) is 11.3 Å². The topological polar surface area (TPSA) is 50.1 Å². The zero-order chi connectivity index (χ0) is 13.9. The Bertz CT molecular complexity index is 517. The van der Waals surface area contributed by atoms with Gasteiger partial charge in [-0.3, -0.25) is 4.68 Å². The number of nitrogens with one attached hydrogen (secondary N) is 1. The second kappa shape index (κ2) is 5.86. The summed E-state index contributed by atoms with van der Waals surface area (Å²) in [4.78, 5) is 0. The first-order chi connectivity index (χ1) is 9.03. The van der Waals surface area contributed by atoms with E-state index in [0.29, 0.717) is 6.54 Å². The summed E-state index contributed by atoms with van der Waals surface area (Å²) in [6.45, 7) is 5.21. The summed E-state index contributed by atoms with van der Waals surface area (Å²) in [6.07, 6.45) is 2.96. The van der Waals surface area contributed by atoms with Crippen molar-refractivity contribution in [3.63, 3.8) is 0 Å². The molecule has 0 amide bonds. The van der Waals surface area contributed by atoms with Gasteiger partial charge in [0.25, 0.3) is 0 Å². The Labute approximate surface area is 118 Å². The molecule has 104 valence electrons. The van der Waals surface area contributed by atoms with Crippen molar-refractivity contribution in [3.05, 3.63) is 39.8 Å². The van der Waals surface area contributed by atoms with Crippen molar-refractivity contribution in [2.24, 2.45) is 7.05 Å². The number of hydrogen-bond acceptors (Lipinski definition) is 4. The van der Waals surface area contributed by atoms with Crippen LogP contribution in [-0.2, 0) is 25.6 Å². The third-order valence-electron chi connectivity index (χ3n) is 3.25. The molecule has 1 atom stereocenters. The fourth-order valence-electron chi connectivity index (χ4n) is 2.14. The summed E-state index contributed by atoms with van der Waals surface area (Å²) < 4.78 is 1.84. The normalized spacial score (nSPS) is 14.5. The zero-order valence-electron chi connectivity index (χ0n) is 11.7. The molecule has 2 N–H and O–H groups in total. The van der Waals surface area contributed by atoms with Crippen LogP contribution in [0.2, 0.25) is 0 Å². The molecule has 1 unspecified atom stereocenters. The molecule has 0 fully saturated rings. The molecule has 2 aromatic heterocycles. The van der Waals surface area contributed by atoms with Crippen molar-refractivity contribution < 1.29 is 5.11 Å². The van der Waals surface area contributed by atoms with E-state index in [4.69, 9.17) is 0 Å². The van der Waals surface area contributed by atoms with Gasteiger partial charge in [-0.25, -0.2) is 0 Å². The lowest BCUT2D eigenvalue weighted by Crippen LogP contribution is -2.34. The molecule has 5 heteroatoms. The molecule has 0 aliphatic carbocycles. The molecule has 0 radical (unpaired) electrons. The predicted molar refractivity (Wildman–Crippen MR) is 78.2 cm³/mol. The summed E-state index contributed by atoms with van der Waals surface area (Å²) in [7, 11) is 1.93. The maximum atomic E-state index is 10.4. The Morgan fingerprint density at radius 1 is 1.53 bits per heavy atom. The van der Waals surface area contributed by atoms with E-state index >= 15 is 0 Å². The highest BCUT2D eigenvalue weighted by atomic mass is 32.1. The molecule has 2 aromatic rings. The first kappa shape index (κ1) is 14.2. The van der Waals surface area contributed by atoms with Crippen LogP contribution in [0.4, 0.5) is 0 Å². The number of aromatic nitrogens is 2. The molecule has 0 saturated carbocycles. The molecule has 2 rings (SSSR count). The van der Waals surface area contributed by atoms with E-state index < -0.39 is 5.60 Å².